The molecule has 7 heteroatoms. The highest BCUT2D eigenvalue weighted by molar-refractivity contribution is 6.07. The van der Waals surface area contributed by atoms with E-state index in [1.54, 1.807) is 25.3 Å². The Morgan fingerprint density at radius 3 is 2.76 bits per heavy atom. The summed E-state index contributed by atoms with van der Waals surface area (Å²) in [5.41, 5.74) is 0.772. The average molecular weight is 287 g/mol. The molecule has 1 heterocycles. The van der Waals surface area contributed by atoms with Crippen molar-refractivity contribution in [1.29, 1.82) is 0 Å². The molecule has 1 aromatic carbocycles. The second-order valence-corrected chi connectivity index (χ2v) is 4.23. The first-order valence-electron chi connectivity index (χ1n) is 6.08. The fraction of sp³-hybridized carbons (Fsp3) is 0.143. The summed E-state index contributed by atoms with van der Waals surface area (Å²) in [7, 11) is 1.42. The standard InChI is InChI=1S/C14H13N3O4/c1-9-12(4-3-7-15-9)16-14(18)11-8-10(21-2)5-6-13(11)17(19)20/h3-8H,1-2H3,(H,16,18). The third-order valence-electron chi connectivity index (χ3n) is 2.90. The highest BCUT2D eigenvalue weighted by Crippen LogP contribution is 2.25. The van der Waals surface area contributed by atoms with Crippen LogP contribution in [0.5, 0.6) is 5.75 Å². The number of amides is 1. The van der Waals surface area contributed by atoms with Crippen molar-refractivity contribution in [3.8, 4) is 5.75 Å². The number of methoxy groups -OCH3 is 1. The molecule has 2 rings (SSSR count). The van der Waals surface area contributed by atoms with E-state index in [0.717, 1.165) is 0 Å². The van der Waals surface area contributed by atoms with Gasteiger partial charge in [-0.05, 0) is 31.2 Å². The maximum absolute atomic E-state index is 12.3. The van der Waals surface area contributed by atoms with E-state index in [4.69, 9.17) is 4.74 Å². The van der Waals surface area contributed by atoms with E-state index in [1.807, 2.05) is 0 Å². The van der Waals surface area contributed by atoms with Crippen molar-refractivity contribution in [3.05, 3.63) is 57.9 Å². The van der Waals surface area contributed by atoms with Gasteiger partial charge in [-0.2, -0.15) is 0 Å². The number of benzene rings is 1. The third-order valence-corrected chi connectivity index (χ3v) is 2.90. The van der Waals surface area contributed by atoms with Gasteiger partial charge in [-0.1, -0.05) is 0 Å². The number of nitrogens with one attached hydrogen (secondary N) is 1. The maximum atomic E-state index is 12.3. The zero-order valence-corrected chi connectivity index (χ0v) is 11.5. The number of aromatic nitrogens is 1. The van der Waals surface area contributed by atoms with Crippen molar-refractivity contribution in [2.45, 2.75) is 6.92 Å². The summed E-state index contributed by atoms with van der Waals surface area (Å²) in [5, 5.41) is 13.6. The van der Waals surface area contributed by atoms with E-state index in [1.165, 1.54) is 25.3 Å². The summed E-state index contributed by atoms with van der Waals surface area (Å²) in [5.74, 6) is -0.217. The van der Waals surface area contributed by atoms with E-state index in [0.29, 0.717) is 17.1 Å². The van der Waals surface area contributed by atoms with E-state index in [-0.39, 0.29) is 11.3 Å². The van der Waals surface area contributed by atoms with Gasteiger partial charge in [-0.25, -0.2) is 0 Å². The Hall–Kier alpha value is -2.96. The molecule has 108 valence electrons. The number of nitro benzene ring substituents is 1. The fourth-order valence-corrected chi connectivity index (χ4v) is 1.79. The van der Waals surface area contributed by atoms with Crippen molar-refractivity contribution in [2.75, 3.05) is 12.4 Å². The lowest BCUT2D eigenvalue weighted by molar-refractivity contribution is -0.385. The van der Waals surface area contributed by atoms with Gasteiger partial charge in [0.25, 0.3) is 11.6 Å². The molecule has 0 aliphatic rings. The summed E-state index contributed by atoms with van der Waals surface area (Å²) >= 11 is 0. The molecule has 0 aliphatic carbocycles. The van der Waals surface area contributed by atoms with Crippen LogP contribution in [0.1, 0.15) is 16.1 Å². The molecule has 1 aromatic heterocycles. The van der Waals surface area contributed by atoms with Gasteiger partial charge < -0.3 is 10.1 Å². The van der Waals surface area contributed by atoms with Crippen LogP contribution in [0.25, 0.3) is 0 Å². The molecule has 0 saturated heterocycles. The predicted octanol–water partition coefficient (Wildman–Crippen LogP) is 2.56. The summed E-state index contributed by atoms with van der Waals surface area (Å²) in [6.07, 6.45) is 1.60. The Morgan fingerprint density at radius 1 is 1.38 bits per heavy atom. The van der Waals surface area contributed by atoms with Gasteiger partial charge >= 0.3 is 0 Å². The van der Waals surface area contributed by atoms with Gasteiger partial charge in [0.15, 0.2) is 0 Å². The molecule has 0 unspecified atom stereocenters. The Bertz CT molecular complexity index is 700. The quantitative estimate of drug-likeness (QED) is 0.688. The lowest BCUT2D eigenvalue weighted by Gasteiger charge is -2.08. The molecule has 7 nitrogen and oxygen atoms in total. The molecule has 0 fully saturated rings. The minimum Gasteiger partial charge on any atom is -0.497 e. The van der Waals surface area contributed by atoms with Crippen LogP contribution >= 0.6 is 0 Å². The highest BCUT2D eigenvalue weighted by atomic mass is 16.6. The largest absolute Gasteiger partial charge is 0.497 e. The van der Waals surface area contributed by atoms with Crippen molar-refractivity contribution in [1.82, 2.24) is 4.98 Å². The number of hydrogen-bond donors (Lipinski definition) is 1. The Labute approximate surface area is 120 Å². The zero-order chi connectivity index (χ0) is 15.4. The first-order valence-corrected chi connectivity index (χ1v) is 6.08. The van der Waals surface area contributed by atoms with Gasteiger partial charge in [0.1, 0.15) is 11.3 Å². The molecule has 0 bridgehead atoms. The van der Waals surface area contributed by atoms with Crippen LogP contribution in [0.3, 0.4) is 0 Å². The SMILES string of the molecule is COc1ccc([N+](=O)[O-])c(C(=O)Nc2cccnc2C)c1. The first-order chi connectivity index (χ1) is 10.0. The summed E-state index contributed by atoms with van der Waals surface area (Å²) < 4.78 is 5.00. The number of anilines is 1. The lowest BCUT2D eigenvalue weighted by Crippen LogP contribution is -2.15. The van der Waals surface area contributed by atoms with Crippen molar-refractivity contribution in [3.63, 3.8) is 0 Å². The van der Waals surface area contributed by atoms with Crippen LogP contribution in [0.15, 0.2) is 36.5 Å². The Kier molecular flexibility index (Phi) is 4.13. The number of carbonyl (C=O) groups is 1. The molecule has 0 aliphatic heterocycles. The van der Waals surface area contributed by atoms with Crippen LogP contribution in [0.2, 0.25) is 0 Å². The molecular formula is C14H13N3O4. The monoisotopic (exact) mass is 287 g/mol. The topological polar surface area (TPSA) is 94.4 Å². The van der Waals surface area contributed by atoms with E-state index in [2.05, 4.69) is 10.3 Å². The summed E-state index contributed by atoms with van der Waals surface area (Å²) in [6.45, 7) is 1.73. The van der Waals surface area contributed by atoms with E-state index < -0.39 is 10.8 Å². The number of aryl methyl sites for hydroxylation is 1. The van der Waals surface area contributed by atoms with Crippen LogP contribution < -0.4 is 10.1 Å². The molecule has 2 aromatic rings. The molecule has 0 spiro atoms. The van der Waals surface area contributed by atoms with Gasteiger partial charge in [0.2, 0.25) is 0 Å². The minimum absolute atomic E-state index is 0.0670. The van der Waals surface area contributed by atoms with E-state index in [9.17, 15) is 14.9 Å². The fourth-order valence-electron chi connectivity index (χ4n) is 1.79. The van der Waals surface area contributed by atoms with Gasteiger partial charge in [-0.15, -0.1) is 0 Å². The first kappa shape index (κ1) is 14.4. The number of hydrogen-bond acceptors (Lipinski definition) is 5. The lowest BCUT2D eigenvalue weighted by atomic mass is 10.1. The van der Waals surface area contributed by atoms with Gasteiger partial charge in [0.05, 0.1) is 23.4 Å². The molecule has 0 radical (unpaired) electrons. The van der Waals surface area contributed by atoms with Crippen molar-refractivity contribution < 1.29 is 14.5 Å². The molecule has 1 N–H and O–H groups in total. The van der Waals surface area contributed by atoms with Crippen molar-refractivity contribution in [2.24, 2.45) is 0 Å². The van der Waals surface area contributed by atoms with Crippen LogP contribution in [0, 0.1) is 17.0 Å². The van der Waals surface area contributed by atoms with E-state index >= 15 is 0 Å². The third kappa shape index (κ3) is 3.14. The van der Waals surface area contributed by atoms with Crippen LogP contribution in [-0.2, 0) is 0 Å². The second-order valence-electron chi connectivity index (χ2n) is 4.23. The molecular weight excluding hydrogens is 274 g/mol. The van der Waals surface area contributed by atoms with Crippen LogP contribution in [0.4, 0.5) is 11.4 Å². The second kappa shape index (κ2) is 6.00. The molecule has 0 atom stereocenters. The predicted molar refractivity (Wildman–Crippen MR) is 76.6 cm³/mol. The number of nitrogens with zero attached hydrogens (tertiary/aromatic N) is 2. The van der Waals surface area contributed by atoms with Gasteiger partial charge in [0, 0.05) is 12.3 Å². The zero-order valence-electron chi connectivity index (χ0n) is 11.5. The smallest absolute Gasteiger partial charge is 0.282 e. The van der Waals surface area contributed by atoms with Crippen molar-refractivity contribution >= 4 is 17.3 Å². The number of nitro groups is 1. The molecule has 1 amide bonds. The van der Waals surface area contributed by atoms with Gasteiger partial charge in [-0.3, -0.25) is 19.9 Å². The number of carbonyl (C=O) groups excluding carboxylic acids is 1. The average Bonchev–Trinajstić information content (AvgIpc) is 2.48. The number of rotatable bonds is 4. The van der Waals surface area contributed by atoms with Crippen LogP contribution in [-0.4, -0.2) is 22.9 Å². The molecule has 21 heavy (non-hydrogen) atoms. The summed E-state index contributed by atoms with van der Waals surface area (Å²) in [4.78, 5) is 26.7. The maximum Gasteiger partial charge on any atom is 0.282 e. The molecule has 0 saturated carbocycles. The minimum atomic E-state index is -0.607. The number of ether oxygens (including phenoxy) is 1. The normalized spacial score (nSPS) is 10.0. The number of pyridine rings is 1. The highest BCUT2D eigenvalue weighted by Gasteiger charge is 2.21. The Morgan fingerprint density at radius 2 is 2.14 bits per heavy atom. The Balaban J connectivity index is 2.38. The summed E-state index contributed by atoms with van der Waals surface area (Å²) in [6, 6.07) is 7.35.